The van der Waals surface area contributed by atoms with Gasteiger partial charge in [-0.1, -0.05) is 37.3 Å². The van der Waals surface area contributed by atoms with Crippen LogP contribution in [0.5, 0.6) is 5.75 Å². The molecule has 1 aromatic rings. The number of esters is 1. The fourth-order valence-electron chi connectivity index (χ4n) is 1.70. The van der Waals surface area contributed by atoms with Gasteiger partial charge < -0.3 is 9.47 Å². The van der Waals surface area contributed by atoms with Crippen LogP contribution in [0.25, 0.3) is 0 Å². The molecule has 2 atom stereocenters. The van der Waals surface area contributed by atoms with Crippen molar-refractivity contribution in [3.8, 4) is 5.75 Å². The van der Waals surface area contributed by atoms with Crippen molar-refractivity contribution in [3.05, 3.63) is 42.5 Å². The molecule has 0 radical (unpaired) electrons. The second-order valence-corrected chi connectivity index (χ2v) is 4.17. The highest BCUT2D eigenvalue weighted by Crippen LogP contribution is 2.16. The summed E-state index contributed by atoms with van der Waals surface area (Å²) in [5.41, 5.74) is 0. The molecule has 1 aromatic carbocycles. The minimum absolute atomic E-state index is 0.0856. The SMILES string of the molecule is C/C=C/CC(C)C(OC)C(=O)Oc1ccccc1. The maximum atomic E-state index is 12.0. The van der Waals surface area contributed by atoms with Crippen molar-refractivity contribution in [3.63, 3.8) is 0 Å². The fraction of sp³-hybridized carbons (Fsp3) is 0.400. The van der Waals surface area contributed by atoms with Crippen molar-refractivity contribution in [2.24, 2.45) is 5.92 Å². The van der Waals surface area contributed by atoms with Crippen LogP contribution in [-0.2, 0) is 9.53 Å². The van der Waals surface area contributed by atoms with Gasteiger partial charge in [-0.15, -0.1) is 0 Å². The molecule has 0 aliphatic carbocycles. The predicted molar refractivity (Wildman–Crippen MR) is 71.5 cm³/mol. The summed E-state index contributed by atoms with van der Waals surface area (Å²) in [6.07, 6.45) is 4.23. The second kappa shape index (κ2) is 7.67. The smallest absolute Gasteiger partial charge is 0.340 e. The highest BCUT2D eigenvalue weighted by Gasteiger charge is 2.25. The molecule has 0 amide bonds. The van der Waals surface area contributed by atoms with E-state index in [1.54, 1.807) is 12.1 Å². The van der Waals surface area contributed by atoms with Gasteiger partial charge in [0.25, 0.3) is 0 Å². The first-order valence-corrected chi connectivity index (χ1v) is 6.09. The standard InChI is InChI=1S/C15H20O3/c1-4-5-9-12(2)14(17-3)15(16)18-13-10-7-6-8-11-13/h4-8,10-12,14H,9H2,1-3H3/b5-4+. The maximum absolute atomic E-state index is 12.0. The minimum atomic E-state index is -0.540. The van der Waals surface area contributed by atoms with Crippen molar-refractivity contribution < 1.29 is 14.3 Å². The molecule has 3 nitrogen and oxygen atoms in total. The molecule has 18 heavy (non-hydrogen) atoms. The van der Waals surface area contributed by atoms with Crippen molar-refractivity contribution >= 4 is 5.97 Å². The Morgan fingerprint density at radius 2 is 2.00 bits per heavy atom. The van der Waals surface area contributed by atoms with E-state index in [0.29, 0.717) is 5.75 Å². The first kappa shape index (κ1) is 14.5. The zero-order valence-electron chi connectivity index (χ0n) is 11.1. The summed E-state index contributed by atoms with van der Waals surface area (Å²) in [4.78, 5) is 12.0. The van der Waals surface area contributed by atoms with Gasteiger partial charge in [-0.25, -0.2) is 4.79 Å². The highest BCUT2D eigenvalue weighted by atomic mass is 16.6. The number of methoxy groups -OCH3 is 1. The van der Waals surface area contributed by atoms with E-state index in [1.165, 1.54) is 7.11 Å². The van der Waals surface area contributed by atoms with E-state index in [2.05, 4.69) is 0 Å². The second-order valence-electron chi connectivity index (χ2n) is 4.17. The minimum Gasteiger partial charge on any atom is -0.425 e. The molecule has 3 heteroatoms. The molecule has 0 bridgehead atoms. The number of carbonyl (C=O) groups is 1. The van der Waals surface area contributed by atoms with Crippen molar-refractivity contribution in [1.29, 1.82) is 0 Å². The zero-order chi connectivity index (χ0) is 13.4. The topological polar surface area (TPSA) is 35.5 Å². The summed E-state index contributed by atoms with van der Waals surface area (Å²) in [7, 11) is 1.53. The summed E-state index contributed by atoms with van der Waals surface area (Å²) in [5, 5.41) is 0. The summed E-state index contributed by atoms with van der Waals surface area (Å²) in [5.74, 6) is 0.283. The summed E-state index contributed by atoms with van der Waals surface area (Å²) >= 11 is 0. The number of ether oxygens (including phenoxy) is 2. The molecule has 0 spiro atoms. The number of allylic oxidation sites excluding steroid dienone is 2. The van der Waals surface area contributed by atoms with Gasteiger partial charge in [0.15, 0.2) is 6.10 Å². The lowest BCUT2D eigenvalue weighted by atomic mass is 10.0. The zero-order valence-corrected chi connectivity index (χ0v) is 11.1. The molecule has 2 unspecified atom stereocenters. The lowest BCUT2D eigenvalue weighted by Crippen LogP contribution is -2.33. The summed E-state index contributed by atoms with van der Waals surface area (Å²) in [6.45, 7) is 3.93. The van der Waals surface area contributed by atoms with Gasteiger partial charge in [-0.3, -0.25) is 0 Å². The number of rotatable bonds is 6. The van der Waals surface area contributed by atoms with Gasteiger partial charge in [-0.2, -0.15) is 0 Å². The van der Waals surface area contributed by atoms with Gasteiger partial charge >= 0.3 is 5.97 Å². The Morgan fingerprint density at radius 3 is 2.56 bits per heavy atom. The Bertz CT molecular complexity index is 384. The lowest BCUT2D eigenvalue weighted by Gasteiger charge is -2.19. The monoisotopic (exact) mass is 248 g/mol. The quantitative estimate of drug-likeness (QED) is 0.440. The Morgan fingerprint density at radius 1 is 1.33 bits per heavy atom. The Balaban J connectivity index is 2.62. The van der Waals surface area contributed by atoms with Gasteiger partial charge in [0.1, 0.15) is 5.75 Å². The van der Waals surface area contributed by atoms with Crippen molar-refractivity contribution in [2.75, 3.05) is 7.11 Å². The van der Waals surface area contributed by atoms with Gasteiger partial charge in [0.05, 0.1) is 0 Å². The molecule has 0 saturated carbocycles. The van der Waals surface area contributed by atoms with Crippen LogP contribution in [0, 0.1) is 5.92 Å². The molecule has 0 saturated heterocycles. The largest absolute Gasteiger partial charge is 0.425 e. The Kier molecular flexibility index (Phi) is 6.15. The maximum Gasteiger partial charge on any atom is 0.340 e. The molecule has 98 valence electrons. The number of hydrogen-bond donors (Lipinski definition) is 0. The van der Waals surface area contributed by atoms with Crippen LogP contribution in [0.4, 0.5) is 0 Å². The Labute approximate surface area is 108 Å². The third kappa shape index (κ3) is 4.34. The van der Waals surface area contributed by atoms with Crippen LogP contribution in [0.15, 0.2) is 42.5 Å². The van der Waals surface area contributed by atoms with E-state index in [0.717, 1.165) is 6.42 Å². The van der Waals surface area contributed by atoms with Crippen molar-refractivity contribution in [1.82, 2.24) is 0 Å². The average molecular weight is 248 g/mol. The van der Waals surface area contributed by atoms with Crippen LogP contribution in [-0.4, -0.2) is 19.2 Å². The number of benzene rings is 1. The van der Waals surface area contributed by atoms with Crippen LogP contribution < -0.4 is 4.74 Å². The molecule has 0 aliphatic heterocycles. The molecular weight excluding hydrogens is 228 g/mol. The van der Waals surface area contributed by atoms with Crippen LogP contribution >= 0.6 is 0 Å². The molecule has 1 rings (SSSR count). The molecule has 0 aliphatic rings. The molecule has 0 aromatic heterocycles. The first-order chi connectivity index (χ1) is 8.69. The molecule has 0 heterocycles. The third-order valence-electron chi connectivity index (χ3n) is 2.71. The Hall–Kier alpha value is -1.61. The predicted octanol–water partition coefficient (Wildman–Crippen LogP) is 3.21. The van der Waals surface area contributed by atoms with Crippen LogP contribution in [0.3, 0.4) is 0 Å². The molecular formula is C15H20O3. The van der Waals surface area contributed by atoms with Gasteiger partial charge in [0, 0.05) is 7.11 Å². The van der Waals surface area contributed by atoms with E-state index in [4.69, 9.17) is 9.47 Å². The first-order valence-electron chi connectivity index (χ1n) is 6.09. The van der Waals surface area contributed by atoms with E-state index < -0.39 is 6.10 Å². The van der Waals surface area contributed by atoms with E-state index >= 15 is 0 Å². The fourth-order valence-corrected chi connectivity index (χ4v) is 1.70. The summed E-state index contributed by atoms with van der Waals surface area (Å²) < 4.78 is 10.5. The number of hydrogen-bond acceptors (Lipinski definition) is 3. The summed E-state index contributed by atoms with van der Waals surface area (Å²) in [6, 6.07) is 9.03. The van der Waals surface area contributed by atoms with Crippen LogP contribution in [0.1, 0.15) is 20.3 Å². The van der Waals surface area contributed by atoms with Gasteiger partial charge in [-0.05, 0) is 31.4 Å². The highest BCUT2D eigenvalue weighted by molar-refractivity contribution is 5.77. The third-order valence-corrected chi connectivity index (χ3v) is 2.71. The molecule has 0 N–H and O–H groups in total. The van der Waals surface area contributed by atoms with E-state index in [-0.39, 0.29) is 11.9 Å². The van der Waals surface area contributed by atoms with E-state index in [9.17, 15) is 4.79 Å². The van der Waals surface area contributed by atoms with Crippen molar-refractivity contribution in [2.45, 2.75) is 26.4 Å². The average Bonchev–Trinajstić information content (AvgIpc) is 2.38. The number of carbonyl (C=O) groups excluding carboxylic acids is 1. The van der Waals surface area contributed by atoms with Crippen LogP contribution in [0.2, 0.25) is 0 Å². The normalized spacial score (nSPS) is 14.4. The van der Waals surface area contributed by atoms with E-state index in [1.807, 2.05) is 44.2 Å². The van der Waals surface area contributed by atoms with Gasteiger partial charge in [0.2, 0.25) is 0 Å². The lowest BCUT2D eigenvalue weighted by molar-refractivity contribution is -0.148. The molecule has 0 fully saturated rings. The number of para-hydroxylation sites is 1.